The lowest BCUT2D eigenvalue weighted by molar-refractivity contribution is -0.351. The number of hydrogen-bond donors (Lipinski definition) is 0. The van der Waals surface area contributed by atoms with Crippen LogP contribution in [0.3, 0.4) is 0 Å². The Hall–Kier alpha value is -6.19. The number of benzene rings is 3. The molecule has 2 saturated heterocycles. The minimum atomic E-state index is -2.03. The standard InChI is InChI=1S/C48H48O15/c1-25-35-38(59-27(3)50)40(53)46(7)33(60-43(54)32-20-18-31(19-21-32)36(52)30-16-12-9-13-17-30)22-34-47(24-57-34,62-28(4)51)39(46)42(56-23-29-14-10-8-11-15-29)48(45(35,5)6)41(61-44(55)63-48)37(25)58-26(2)49/h8-21,33-34,37-39,41-42H,22-24H2,1-7H3/t33-,34+,37+,38+,39-,41-,42-,46+,47-,48+/m0/s1. The van der Waals surface area contributed by atoms with Crippen LogP contribution in [0.4, 0.5) is 4.79 Å². The fraction of sp³-hybridized carbons (Fsp3) is 0.438. The Bertz CT molecular complexity index is 2410. The average Bonchev–Trinajstić information content (AvgIpc) is 3.61. The zero-order chi connectivity index (χ0) is 45.2. The summed E-state index contributed by atoms with van der Waals surface area (Å²) in [5.41, 5.74) is -5.34. The van der Waals surface area contributed by atoms with Gasteiger partial charge in [-0.25, -0.2) is 9.59 Å². The molecule has 3 aliphatic carbocycles. The largest absolute Gasteiger partial charge is 0.509 e. The van der Waals surface area contributed by atoms with E-state index in [1.165, 1.54) is 45.0 Å². The van der Waals surface area contributed by atoms with Crippen molar-refractivity contribution in [2.24, 2.45) is 16.7 Å². The third-order valence-corrected chi connectivity index (χ3v) is 13.6. The summed E-state index contributed by atoms with van der Waals surface area (Å²) < 4.78 is 50.2. The highest BCUT2D eigenvalue weighted by Crippen LogP contribution is 2.67. The SMILES string of the molecule is CC(=O)O[C@H]1C(=O)[C@]2(C)[C@@H](OC(=O)c3ccc(C(=O)c4ccccc4)cc3)C[C@H]3OC[C@@]3(OC(C)=O)[C@H]2[C@H](OCc2ccccc2)[C@]23OC(=O)O[C@H]2[C@H](OC(C)=O)C(C)=C1C3(C)C. The molecule has 0 amide bonds. The number of esters is 4. The highest BCUT2D eigenvalue weighted by molar-refractivity contribution is 6.09. The lowest BCUT2D eigenvalue weighted by atomic mass is 9.44. The summed E-state index contributed by atoms with van der Waals surface area (Å²) in [6.07, 6.45) is -9.78. The van der Waals surface area contributed by atoms with E-state index in [2.05, 4.69) is 0 Å². The molecule has 0 radical (unpaired) electrons. The van der Waals surface area contributed by atoms with Gasteiger partial charge in [0.1, 0.15) is 18.3 Å². The first kappa shape index (κ1) is 43.5. The third kappa shape index (κ3) is 6.83. The van der Waals surface area contributed by atoms with Crippen molar-refractivity contribution in [2.45, 2.75) is 109 Å². The van der Waals surface area contributed by atoms with E-state index in [0.29, 0.717) is 16.7 Å². The van der Waals surface area contributed by atoms with Crippen molar-refractivity contribution in [3.05, 3.63) is 118 Å². The van der Waals surface area contributed by atoms with E-state index in [-0.39, 0.29) is 42.1 Å². The van der Waals surface area contributed by atoms with Crippen LogP contribution in [-0.2, 0) is 63.7 Å². The molecule has 5 aliphatic rings. The molecule has 15 nitrogen and oxygen atoms in total. The van der Waals surface area contributed by atoms with Gasteiger partial charge in [-0.1, -0.05) is 86.6 Å². The van der Waals surface area contributed by atoms with Gasteiger partial charge in [-0.15, -0.1) is 0 Å². The van der Waals surface area contributed by atoms with E-state index in [9.17, 15) is 28.8 Å². The van der Waals surface area contributed by atoms with Crippen molar-refractivity contribution < 1.29 is 71.5 Å². The molecular weight excluding hydrogens is 817 g/mol. The zero-order valence-electron chi connectivity index (χ0n) is 35.9. The van der Waals surface area contributed by atoms with Gasteiger partial charge in [0.25, 0.3) is 0 Å². The Labute approximate surface area is 363 Å². The highest BCUT2D eigenvalue weighted by Gasteiger charge is 2.83. The first-order valence-electron chi connectivity index (χ1n) is 20.7. The molecule has 0 aromatic heterocycles. The van der Waals surface area contributed by atoms with E-state index in [0.717, 1.165) is 6.92 Å². The van der Waals surface area contributed by atoms with Gasteiger partial charge in [-0.3, -0.25) is 24.0 Å². The van der Waals surface area contributed by atoms with E-state index in [1.807, 2.05) is 6.07 Å². The molecule has 0 N–H and O–H groups in total. The summed E-state index contributed by atoms with van der Waals surface area (Å²) in [5, 5.41) is 0. The maximum absolute atomic E-state index is 16.1. The van der Waals surface area contributed by atoms with Gasteiger partial charge in [0.2, 0.25) is 0 Å². The number of carbonyl (C=O) groups excluding carboxylic acids is 7. The molecule has 2 bridgehead atoms. The third-order valence-electron chi connectivity index (χ3n) is 13.6. The number of hydrogen-bond acceptors (Lipinski definition) is 15. The molecule has 63 heavy (non-hydrogen) atoms. The second kappa shape index (κ2) is 15.9. The van der Waals surface area contributed by atoms with Crippen LogP contribution in [0.5, 0.6) is 0 Å². The summed E-state index contributed by atoms with van der Waals surface area (Å²) in [5.74, 6) is -5.62. The zero-order valence-corrected chi connectivity index (χ0v) is 35.9. The summed E-state index contributed by atoms with van der Waals surface area (Å²) >= 11 is 0. The summed E-state index contributed by atoms with van der Waals surface area (Å²) in [6, 6.07) is 23.5. The minimum absolute atomic E-state index is 0.0513. The van der Waals surface area contributed by atoms with E-state index >= 15 is 4.79 Å². The summed E-state index contributed by atoms with van der Waals surface area (Å²) in [6.45, 7) is 9.62. The van der Waals surface area contributed by atoms with E-state index in [1.54, 1.807) is 75.4 Å². The lowest BCUT2D eigenvalue weighted by Crippen LogP contribution is -2.83. The van der Waals surface area contributed by atoms with Gasteiger partial charge in [0.05, 0.1) is 30.1 Å². The highest BCUT2D eigenvalue weighted by atomic mass is 16.8. The van der Waals surface area contributed by atoms with Gasteiger partial charge in [-0.05, 0) is 42.7 Å². The van der Waals surface area contributed by atoms with Crippen molar-refractivity contribution >= 4 is 41.6 Å². The van der Waals surface area contributed by atoms with Gasteiger partial charge in [0, 0.05) is 43.7 Å². The number of fused-ring (bicyclic) bond motifs is 4. The normalized spacial score (nSPS) is 32.4. The van der Waals surface area contributed by atoms with Gasteiger partial charge >= 0.3 is 30.0 Å². The van der Waals surface area contributed by atoms with Crippen molar-refractivity contribution in [3.8, 4) is 0 Å². The molecule has 15 heteroatoms. The number of carbonyl (C=O) groups is 7. The van der Waals surface area contributed by atoms with Gasteiger partial charge in [-0.2, -0.15) is 0 Å². The Morgan fingerprint density at radius 2 is 1.35 bits per heavy atom. The second-order valence-corrected chi connectivity index (χ2v) is 17.5. The van der Waals surface area contributed by atoms with E-state index < -0.39 is 100 Å². The smallest absolute Gasteiger partial charge is 0.458 e. The molecular formula is C48H48O15. The minimum Gasteiger partial charge on any atom is -0.458 e. The monoisotopic (exact) mass is 864 g/mol. The van der Waals surface area contributed by atoms with Crippen LogP contribution < -0.4 is 0 Å². The van der Waals surface area contributed by atoms with Crippen LogP contribution in [0.25, 0.3) is 0 Å². The van der Waals surface area contributed by atoms with Crippen LogP contribution in [0.1, 0.15) is 86.7 Å². The maximum Gasteiger partial charge on any atom is 0.509 e. The molecule has 3 aromatic carbocycles. The van der Waals surface area contributed by atoms with Crippen LogP contribution in [0, 0.1) is 16.7 Å². The fourth-order valence-corrected chi connectivity index (χ4v) is 10.9. The summed E-state index contributed by atoms with van der Waals surface area (Å²) in [4.78, 5) is 96.8. The van der Waals surface area contributed by atoms with Crippen molar-refractivity contribution in [3.63, 3.8) is 0 Å². The van der Waals surface area contributed by atoms with Gasteiger partial charge < -0.3 is 37.9 Å². The Balaban J connectivity index is 1.34. The quantitative estimate of drug-likeness (QED) is 0.102. The van der Waals surface area contributed by atoms with Crippen molar-refractivity contribution in [2.75, 3.05) is 6.61 Å². The number of Topliss-reactive ketones (excluding diaryl/α,β-unsaturated/α-hetero) is 1. The predicted molar refractivity (Wildman–Crippen MR) is 218 cm³/mol. The number of rotatable bonds is 10. The maximum atomic E-state index is 16.1. The second-order valence-electron chi connectivity index (χ2n) is 17.5. The lowest BCUT2D eigenvalue weighted by Gasteiger charge is -2.67. The molecule has 2 heterocycles. The molecule has 8 rings (SSSR count). The van der Waals surface area contributed by atoms with Crippen LogP contribution >= 0.6 is 0 Å². The Kier molecular flexibility index (Phi) is 10.9. The molecule has 10 atom stereocenters. The molecule has 1 spiro atoms. The molecule has 2 aliphatic heterocycles. The Morgan fingerprint density at radius 1 is 0.746 bits per heavy atom. The average molecular weight is 865 g/mol. The Morgan fingerprint density at radius 3 is 1.94 bits per heavy atom. The first-order valence-corrected chi connectivity index (χ1v) is 20.7. The molecule has 4 fully saturated rings. The fourth-order valence-electron chi connectivity index (χ4n) is 10.9. The number of ether oxygens (including phenoxy) is 8. The molecule has 0 unspecified atom stereocenters. The molecule has 330 valence electrons. The van der Waals surface area contributed by atoms with Crippen molar-refractivity contribution in [1.29, 1.82) is 0 Å². The van der Waals surface area contributed by atoms with Crippen molar-refractivity contribution in [1.82, 2.24) is 0 Å². The predicted octanol–water partition coefficient (Wildman–Crippen LogP) is 5.83. The summed E-state index contributed by atoms with van der Waals surface area (Å²) in [7, 11) is 0. The first-order chi connectivity index (χ1) is 29.9. The van der Waals surface area contributed by atoms with Crippen LogP contribution in [0.2, 0.25) is 0 Å². The number of ketones is 2. The van der Waals surface area contributed by atoms with Gasteiger partial charge in [0.15, 0.2) is 41.1 Å². The topological polar surface area (TPSA) is 193 Å². The van der Waals surface area contributed by atoms with Crippen LogP contribution in [-0.4, -0.2) is 96.0 Å². The molecule has 3 aromatic rings. The van der Waals surface area contributed by atoms with Crippen LogP contribution in [0.15, 0.2) is 96.1 Å². The van der Waals surface area contributed by atoms with E-state index in [4.69, 9.17) is 37.9 Å². The molecule has 2 saturated carbocycles.